The van der Waals surface area contributed by atoms with Crippen LogP contribution in [-0.2, 0) is 7.05 Å². The number of imidazole rings is 1. The molecule has 1 aliphatic heterocycles. The summed E-state index contributed by atoms with van der Waals surface area (Å²) in [6.45, 7) is 5.25. The SMILES string of the molecule is CNCC(c1c(Cl)ncn1C)N1CCN(C)CC1. The average molecular weight is 272 g/mol. The van der Waals surface area contributed by atoms with Crippen molar-refractivity contribution in [2.45, 2.75) is 6.04 Å². The topological polar surface area (TPSA) is 36.3 Å². The molecule has 1 saturated heterocycles. The lowest BCUT2D eigenvalue weighted by Gasteiger charge is -2.38. The molecule has 1 atom stereocenters. The maximum Gasteiger partial charge on any atom is 0.151 e. The third-order valence-electron chi connectivity index (χ3n) is 3.63. The predicted octanol–water partition coefficient (Wildman–Crippen LogP) is 0.581. The van der Waals surface area contributed by atoms with Crippen LogP contribution >= 0.6 is 11.6 Å². The maximum absolute atomic E-state index is 6.23. The fourth-order valence-electron chi connectivity index (χ4n) is 2.51. The Morgan fingerprint density at radius 1 is 1.33 bits per heavy atom. The average Bonchev–Trinajstić information content (AvgIpc) is 2.68. The molecule has 0 bridgehead atoms. The molecule has 0 aromatic carbocycles. The summed E-state index contributed by atoms with van der Waals surface area (Å²) in [4.78, 5) is 9.04. The fourth-order valence-corrected chi connectivity index (χ4v) is 2.81. The van der Waals surface area contributed by atoms with Gasteiger partial charge in [0.2, 0.25) is 0 Å². The van der Waals surface area contributed by atoms with Gasteiger partial charge in [0.15, 0.2) is 5.15 Å². The van der Waals surface area contributed by atoms with E-state index in [4.69, 9.17) is 11.6 Å². The van der Waals surface area contributed by atoms with E-state index in [0.717, 1.165) is 38.4 Å². The minimum absolute atomic E-state index is 0.295. The number of nitrogens with zero attached hydrogens (tertiary/aromatic N) is 4. The van der Waals surface area contributed by atoms with Crippen molar-refractivity contribution in [2.75, 3.05) is 46.8 Å². The van der Waals surface area contributed by atoms with Crippen LogP contribution in [0.3, 0.4) is 0 Å². The van der Waals surface area contributed by atoms with Crippen molar-refractivity contribution in [1.82, 2.24) is 24.7 Å². The molecule has 1 unspecified atom stereocenters. The normalized spacial score (nSPS) is 20.2. The second-order valence-corrected chi connectivity index (χ2v) is 5.30. The molecular formula is C12H22ClN5. The van der Waals surface area contributed by atoms with Gasteiger partial charge in [-0.2, -0.15) is 0 Å². The number of piperazine rings is 1. The van der Waals surface area contributed by atoms with Crippen molar-refractivity contribution in [3.05, 3.63) is 17.2 Å². The second-order valence-electron chi connectivity index (χ2n) is 4.94. The second kappa shape index (κ2) is 6.02. The summed E-state index contributed by atoms with van der Waals surface area (Å²) in [5, 5.41) is 3.89. The van der Waals surface area contributed by atoms with Crippen LogP contribution in [0.25, 0.3) is 0 Å². The monoisotopic (exact) mass is 271 g/mol. The highest BCUT2D eigenvalue weighted by atomic mass is 35.5. The Kier molecular flexibility index (Phi) is 4.61. The summed E-state index contributed by atoms with van der Waals surface area (Å²) >= 11 is 6.23. The number of hydrogen-bond donors (Lipinski definition) is 1. The summed E-state index contributed by atoms with van der Waals surface area (Å²) in [6.07, 6.45) is 1.79. The molecule has 0 aliphatic carbocycles. The van der Waals surface area contributed by atoms with E-state index in [2.05, 4.69) is 27.1 Å². The van der Waals surface area contributed by atoms with E-state index in [9.17, 15) is 0 Å². The number of aryl methyl sites for hydroxylation is 1. The largest absolute Gasteiger partial charge is 0.335 e. The Bertz CT molecular complexity index is 364. The predicted molar refractivity (Wildman–Crippen MR) is 74.0 cm³/mol. The van der Waals surface area contributed by atoms with Crippen LogP contribution in [-0.4, -0.2) is 66.2 Å². The van der Waals surface area contributed by atoms with Gasteiger partial charge in [0.25, 0.3) is 0 Å². The van der Waals surface area contributed by atoms with Gasteiger partial charge < -0.3 is 14.8 Å². The third kappa shape index (κ3) is 2.85. The molecule has 1 fully saturated rings. The zero-order chi connectivity index (χ0) is 13.1. The standard InChI is InChI=1S/C12H22ClN5/c1-14-8-10(11-12(13)15-9-17(11)3)18-6-4-16(2)5-7-18/h9-10,14H,4-8H2,1-3H3. The summed E-state index contributed by atoms with van der Waals surface area (Å²) in [6, 6.07) is 0.295. The van der Waals surface area contributed by atoms with Gasteiger partial charge in [-0.25, -0.2) is 4.98 Å². The Balaban J connectivity index is 2.18. The highest BCUT2D eigenvalue weighted by Gasteiger charge is 2.27. The molecule has 1 aliphatic rings. The first-order valence-electron chi connectivity index (χ1n) is 6.37. The minimum Gasteiger partial charge on any atom is -0.335 e. The Labute approximate surface area is 114 Å². The lowest BCUT2D eigenvalue weighted by Crippen LogP contribution is -2.48. The van der Waals surface area contributed by atoms with E-state index in [1.54, 1.807) is 6.33 Å². The van der Waals surface area contributed by atoms with E-state index < -0.39 is 0 Å². The number of nitrogens with one attached hydrogen (secondary N) is 1. The highest BCUT2D eigenvalue weighted by molar-refractivity contribution is 6.30. The Morgan fingerprint density at radius 3 is 2.50 bits per heavy atom. The van der Waals surface area contributed by atoms with Crippen molar-refractivity contribution < 1.29 is 0 Å². The Morgan fingerprint density at radius 2 is 2.00 bits per heavy atom. The first-order chi connectivity index (χ1) is 8.63. The van der Waals surface area contributed by atoms with Gasteiger partial charge in [0, 0.05) is 39.8 Å². The van der Waals surface area contributed by atoms with Gasteiger partial charge in [-0.1, -0.05) is 11.6 Å². The van der Waals surface area contributed by atoms with Gasteiger partial charge in [-0.15, -0.1) is 0 Å². The van der Waals surface area contributed by atoms with E-state index in [0.29, 0.717) is 11.2 Å². The molecule has 2 rings (SSSR count). The van der Waals surface area contributed by atoms with E-state index >= 15 is 0 Å². The number of rotatable bonds is 4. The number of halogens is 1. The molecule has 0 amide bonds. The zero-order valence-electron chi connectivity index (χ0n) is 11.4. The quantitative estimate of drug-likeness (QED) is 0.869. The van der Waals surface area contributed by atoms with Crippen LogP contribution in [0.5, 0.6) is 0 Å². The molecule has 6 heteroatoms. The molecule has 0 spiro atoms. The van der Waals surface area contributed by atoms with Crippen molar-refractivity contribution in [1.29, 1.82) is 0 Å². The van der Waals surface area contributed by atoms with Crippen LogP contribution < -0.4 is 5.32 Å². The summed E-state index contributed by atoms with van der Waals surface area (Å²) in [5.41, 5.74) is 1.11. The van der Waals surface area contributed by atoms with Crippen LogP contribution in [0.2, 0.25) is 5.15 Å². The lowest BCUT2D eigenvalue weighted by molar-refractivity contribution is 0.108. The van der Waals surface area contributed by atoms with E-state index in [-0.39, 0.29) is 0 Å². The van der Waals surface area contributed by atoms with Crippen molar-refractivity contribution in [2.24, 2.45) is 7.05 Å². The number of aromatic nitrogens is 2. The lowest BCUT2D eigenvalue weighted by atomic mass is 10.1. The van der Waals surface area contributed by atoms with Crippen molar-refractivity contribution in [3.8, 4) is 0 Å². The maximum atomic E-state index is 6.23. The number of hydrogen-bond acceptors (Lipinski definition) is 4. The first kappa shape index (κ1) is 13.8. The van der Waals surface area contributed by atoms with Gasteiger partial charge in [0.1, 0.15) is 0 Å². The van der Waals surface area contributed by atoms with Crippen molar-refractivity contribution >= 4 is 11.6 Å². The first-order valence-corrected chi connectivity index (χ1v) is 6.75. The van der Waals surface area contributed by atoms with Gasteiger partial charge >= 0.3 is 0 Å². The molecule has 1 N–H and O–H groups in total. The Hall–Kier alpha value is -0.620. The molecule has 1 aromatic rings. The molecule has 1 aromatic heterocycles. The smallest absolute Gasteiger partial charge is 0.151 e. The van der Waals surface area contributed by atoms with Crippen LogP contribution in [0.15, 0.2) is 6.33 Å². The fraction of sp³-hybridized carbons (Fsp3) is 0.750. The van der Waals surface area contributed by atoms with Gasteiger partial charge in [-0.05, 0) is 14.1 Å². The molecule has 2 heterocycles. The molecule has 18 heavy (non-hydrogen) atoms. The van der Waals surface area contributed by atoms with Gasteiger partial charge in [-0.3, -0.25) is 4.90 Å². The summed E-state index contributed by atoms with van der Waals surface area (Å²) < 4.78 is 2.03. The summed E-state index contributed by atoms with van der Waals surface area (Å²) in [5.74, 6) is 0. The highest BCUT2D eigenvalue weighted by Crippen LogP contribution is 2.26. The van der Waals surface area contributed by atoms with Crippen LogP contribution in [0, 0.1) is 0 Å². The molecule has 0 saturated carbocycles. The van der Waals surface area contributed by atoms with Gasteiger partial charge in [0.05, 0.1) is 18.1 Å². The number of likely N-dealkylation sites (N-methyl/N-ethyl adjacent to an activating group) is 2. The van der Waals surface area contributed by atoms with E-state index in [1.165, 1.54) is 0 Å². The molecular weight excluding hydrogens is 250 g/mol. The zero-order valence-corrected chi connectivity index (χ0v) is 12.1. The van der Waals surface area contributed by atoms with Crippen LogP contribution in [0.1, 0.15) is 11.7 Å². The van der Waals surface area contributed by atoms with Crippen molar-refractivity contribution in [3.63, 3.8) is 0 Å². The van der Waals surface area contributed by atoms with Crippen LogP contribution in [0.4, 0.5) is 0 Å². The summed E-state index contributed by atoms with van der Waals surface area (Å²) in [7, 11) is 6.15. The molecule has 5 nitrogen and oxygen atoms in total. The minimum atomic E-state index is 0.295. The molecule has 102 valence electrons. The molecule has 0 radical (unpaired) electrons. The third-order valence-corrected chi connectivity index (χ3v) is 3.92. The van der Waals surface area contributed by atoms with E-state index in [1.807, 2.05) is 18.7 Å².